The summed E-state index contributed by atoms with van der Waals surface area (Å²) >= 11 is 13.1. The molecule has 2 N–H and O–H groups in total. The molecule has 5 nitrogen and oxygen atoms in total. The van der Waals surface area contributed by atoms with E-state index in [0.29, 0.717) is 32.5 Å². The minimum absolute atomic E-state index is 0.00431. The Balaban J connectivity index is 1.62. The van der Waals surface area contributed by atoms with Crippen molar-refractivity contribution in [3.05, 3.63) is 76.3 Å². The molecule has 0 aliphatic carbocycles. The molecule has 30 heavy (non-hydrogen) atoms. The average Bonchev–Trinajstić information content (AvgIpc) is 3.18. The number of ketones is 1. The van der Waals surface area contributed by atoms with Crippen LogP contribution in [0.2, 0.25) is 10.0 Å². The molecule has 8 heteroatoms. The molecule has 3 aromatic carbocycles. The maximum absolute atomic E-state index is 12.9. The molecule has 1 aliphatic rings. The third-order valence-electron chi connectivity index (χ3n) is 5.01. The maximum atomic E-state index is 12.9. The first kappa shape index (κ1) is 20.7. The maximum Gasteiger partial charge on any atom is 0.205 e. The van der Waals surface area contributed by atoms with E-state index < -0.39 is 16.0 Å². The summed E-state index contributed by atoms with van der Waals surface area (Å²) in [4.78, 5) is 13.1. The summed E-state index contributed by atoms with van der Waals surface area (Å²) in [6, 6.07) is 17.2. The summed E-state index contributed by atoms with van der Waals surface area (Å²) in [5.74, 6) is -0.232. The van der Waals surface area contributed by atoms with Gasteiger partial charge in [-0.3, -0.25) is 4.79 Å². The van der Waals surface area contributed by atoms with Crippen LogP contribution < -0.4 is 10.6 Å². The van der Waals surface area contributed by atoms with Crippen molar-refractivity contribution in [2.24, 2.45) is 0 Å². The van der Waals surface area contributed by atoms with E-state index in [1.54, 1.807) is 13.0 Å². The van der Waals surface area contributed by atoms with Gasteiger partial charge in [-0.2, -0.15) is 0 Å². The molecular weight excluding hydrogens is 443 g/mol. The molecule has 4 rings (SSSR count). The highest BCUT2D eigenvalue weighted by atomic mass is 35.5. The van der Waals surface area contributed by atoms with Gasteiger partial charge in [-0.05, 0) is 35.9 Å². The fraction of sp³-hybridized carbons (Fsp3) is 0.136. The lowest BCUT2D eigenvalue weighted by Crippen LogP contribution is -2.32. The van der Waals surface area contributed by atoms with Crippen molar-refractivity contribution in [1.29, 1.82) is 0 Å². The lowest BCUT2D eigenvalue weighted by atomic mass is 10.0. The lowest BCUT2D eigenvalue weighted by Gasteiger charge is -2.12. The Morgan fingerprint density at radius 1 is 1.00 bits per heavy atom. The second-order valence-corrected chi connectivity index (χ2v) is 9.91. The number of anilines is 2. The zero-order chi connectivity index (χ0) is 21.5. The summed E-state index contributed by atoms with van der Waals surface area (Å²) in [7, 11) is -3.32. The molecule has 0 radical (unpaired) electrons. The molecule has 0 spiro atoms. The zero-order valence-corrected chi connectivity index (χ0v) is 18.3. The van der Waals surface area contributed by atoms with Crippen molar-refractivity contribution < 1.29 is 13.2 Å². The first-order valence-corrected chi connectivity index (χ1v) is 11.7. The van der Waals surface area contributed by atoms with E-state index >= 15 is 0 Å². The number of carbonyl (C=O) groups excluding carboxylic acids is 1. The van der Waals surface area contributed by atoms with E-state index in [9.17, 15) is 13.2 Å². The zero-order valence-electron chi connectivity index (χ0n) is 15.9. The number of nitrogens with one attached hydrogen (secondary N) is 2. The molecular formula is C22H18Cl2N2O3S. The highest BCUT2D eigenvalue weighted by Gasteiger charge is 2.30. The topological polar surface area (TPSA) is 75.3 Å². The first-order valence-electron chi connectivity index (χ1n) is 9.29. The van der Waals surface area contributed by atoms with Crippen molar-refractivity contribution in [3.8, 4) is 11.1 Å². The fourth-order valence-electron chi connectivity index (χ4n) is 3.37. The van der Waals surface area contributed by atoms with Crippen molar-refractivity contribution in [2.75, 3.05) is 16.4 Å². The summed E-state index contributed by atoms with van der Waals surface area (Å²) in [5, 5.41) is 7.13. The van der Waals surface area contributed by atoms with Gasteiger partial charge in [0.25, 0.3) is 0 Å². The first-order chi connectivity index (χ1) is 14.3. The molecule has 0 saturated heterocycles. The quantitative estimate of drug-likeness (QED) is 0.491. The second kappa shape index (κ2) is 7.95. The number of Topliss-reactive ketones (excluding diaryl/α,β-unsaturated/α-hetero) is 1. The van der Waals surface area contributed by atoms with Gasteiger partial charge in [-0.1, -0.05) is 60.5 Å². The van der Waals surface area contributed by atoms with Crippen molar-refractivity contribution in [2.45, 2.75) is 18.0 Å². The molecule has 1 atom stereocenters. The Bertz CT molecular complexity index is 1230. The number of rotatable bonds is 5. The Morgan fingerprint density at radius 3 is 2.30 bits per heavy atom. The molecule has 0 amide bonds. The van der Waals surface area contributed by atoms with Crippen LogP contribution in [0.3, 0.4) is 0 Å². The molecule has 0 aromatic heterocycles. The Morgan fingerprint density at radius 2 is 1.67 bits per heavy atom. The molecule has 0 saturated carbocycles. The summed E-state index contributed by atoms with van der Waals surface area (Å²) in [5.41, 5.74) is 3.18. The van der Waals surface area contributed by atoms with E-state index in [4.69, 9.17) is 23.2 Å². The Labute approximate surface area is 184 Å². The van der Waals surface area contributed by atoms with Crippen LogP contribution in [0, 0.1) is 0 Å². The molecule has 1 unspecified atom stereocenters. The third-order valence-corrected chi connectivity index (χ3v) is 7.44. The summed E-state index contributed by atoms with van der Waals surface area (Å²) in [6.07, 6.45) is -0.742. The molecule has 3 aromatic rings. The normalized spacial score (nSPS) is 15.2. The lowest BCUT2D eigenvalue weighted by molar-refractivity contribution is 0.0980. The SMILES string of the molecule is CCS(=O)(=O)c1ccc(C(=O)C2Nc3cc(Cl)c(-c4ccccc4)c(Cl)c3N2)cc1. The van der Waals surface area contributed by atoms with E-state index in [1.807, 2.05) is 30.3 Å². The molecule has 1 aliphatic heterocycles. The monoisotopic (exact) mass is 460 g/mol. The minimum atomic E-state index is -3.32. The number of hydrogen-bond donors (Lipinski definition) is 2. The van der Waals surface area contributed by atoms with Crippen LogP contribution in [0.1, 0.15) is 17.3 Å². The van der Waals surface area contributed by atoms with Crippen LogP contribution in [-0.2, 0) is 9.84 Å². The highest BCUT2D eigenvalue weighted by molar-refractivity contribution is 7.91. The second-order valence-electron chi connectivity index (χ2n) is 6.85. The number of halogens is 2. The number of hydrogen-bond acceptors (Lipinski definition) is 5. The molecule has 154 valence electrons. The number of sulfone groups is 1. The van der Waals surface area contributed by atoms with Crippen LogP contribution >= 0.6 is 23.2 Å². The average molecular weight is 461 g/mol. The van der Waals surface area contributed by atoms with Crippen molar-refractivity contribution in [3.63, 3.8) is 0 Å². The molecule has 1 heterocycles. The van der Waals surface area contributed by atoms with Crippen LogP contribution in [0.5, 0.6) is 0 Å². The summed E-state index contributed by atoms with van der Waals surface area (Å²) in [6.45, 7) is 1.58. The highest BCUT2D eigenvalue weighted by Crippen LogP contribution is 2.46. The smallest absolute Gasteiger partial charge is 0.205 e. The van der Waals surface area contributed by atoms with Gasteiger partial charge in [-0.15, -0.1) is 0 Å². The van der Waals surface area contributed by atoms with Crippen LogP contribution in [0.4, 0.5) is 11.4 Å². The van der Waals surface area contributed by atoms with E-state index in [0.717, 1.165) is 5.56 Å². The standard InChI is InChI=1S/C22H18Cl2N2O3S/c1-2-30(28,29)15-10-8-14(9-11-15)21(27)22-25-17-12-16(23)18(19(24)20(17)26-22)13-6-4-3-5-7-13/h3-12,22,25-26H,2H2,1H3. The van der Waals surface area contributed by atoms with Crippen LogP contribution in [-0.4, -0.2) is 26.1 Å². The van der Waals surface area contributed by atoms with E-state index in [2.05, 4.69) is 10.6 Å². The number of carbonyl (C=O) groups is 1. The van der Waals surface area contributed by atoms with Gasteiger partial charge in [0.2, 0.25) is 5.78 Å². The van der Waals surface area contributed by atoms with E-state index in [-0.39, 0.29) is 16.4 Å². The van der Waals surface area contributed by atoms with Gasteiger partial charge < -0.3 is 10.6 Å². The van der Waals surface area contributed by atoms with Crippen molar-refractivity contribution in [1.82, 2.24) is 0 Å². The fourth-order valence-corrected chi connectivity index (χ4v) is 4.98. The molecule has 0 bridgehead atoms. The third kappa shape index (κ3) is 3.67. The largest absolute Gasteiger partial charge is 0.357 e. The van der Waals surface area contributed by atoms with Crippen molar-refractivity contribution >= 4 is 50.2 Å². The Kier molecular flexibility index (Phi) is 5.49. The predicted molar refractivity (Wildman–Crippen MR) is 121 cm³/mol. The number of benzene rings is 3. The minimum Gasteiger partial charge on any atom is -0.357 e. The van der Waals surface area contributed by atoms with Crippen LogP contribution in [0.25, 0.3) is 11.1 Å². The van der Waals surface area contributed by atoms with Gasteiger partial charge in [0.1, 0.15) is 0 Å². The van der Waals surface area contributed by atoms with Gasteiger partial charge in [-0.25, -0.2) is 8.42 Å². The number of fused-ring (bicyclic) bond motifs is 1. The van der Waals surface area contributed by atoms with Gasteiger partial charge in [0.15, 0.2) is 16.0 Å². The Hall–Kier alpha value is -2.54. The van der Waals surface area contributed by atoms with Gasteiger partial charge in [0.05, 0.1) is 32.1 Å². The van der Waals surface area contributed by atoms with E-state index in [1.165, 1.54) is 24.3 Å². The van der Waals surface area contributed by atoms with Gasteiger partial charge in [0, 0.05) is 11.1 Å². The predicted octanol–water partition coefficient (Wildman–Crippen LogP) is 5.50. The summed E-state index contributed by atoms with van der Waals surface area (Å²) < 4.78 is 23.9. The van der Waals surface area contributed by atoms with Gasteiger partial charge >= 0.3 is 0 Å². The molecule has 0 fully saturated rings. The van der Waals surface area contributed by atoms with Crippen LogP contribution in [0.15, 0.2) is 65.6 Å².